The van der Waals surface area contributed by atoms with Gasteiger partial charge in [0.05, 0.1) is 31.6 Å². The molecule has 4 aromatic carbocycles. The van der Waals surface area contributed by atoms with Crippen molar-refractivity contribution >= 4 is 17.4 Å². The van der Waals surface area contributed by atoms with Crippen molar-refractivity contribution in [3.05, 3.63) is 142 Å². The van der Waals surface area contributed by atoms with E-state index in [1.165, 1.54) is 23.0 Å². The summed E-state index contributed by atoms with van der Waals surface area (Å²) in [6.45, 7) is 1.94. The number of hydrogen-bond acceptors (Lipinski definition) is 7. The van der Waals surface area contributed by atoms with Crippen LogP contribution in [-0.2, 0) is 36.8 Å². The summed E-state index contributed by atoms with van der Waals surface area (Å²) in [5.74, 6) is -5.85. The number of carbonyl (C=O) groups is 1. The van der Waals surface area contributed by atoms with Gasteiger partial charge in [0.15, 0.2) is 29.5 Å². The largest absolute Gasteiger partial charge is 0.366 e. The molecule has 0 radical (unpaired) electrons. The molecular formula is C38H32ClF4N3O5. The summed E-state index contributed by atoms with van der Waals surface area (Å²) in [4.78, 5) is 14.1. The van der Waals surface area contributed by atoms with E-state index in [0.29, 0.717) is 5.02 Å². The van der Waals surface area contributed by atoms with Gasteiger partial charge in [-0.15, -0.1) is 5.10 Å². The van der Waals surface area contributed by atoms with Crippen LogP contribution in [0.15, 0.2) is 97.2 Å². The van der Waals surface area contributed by atoms with Crippen molar-refractivity contribution < 1.29 is 41.3 Å². The Kier molecular flexibility index (Phi) is 10.3. The van der Waals surface area contributed by atoms with Crippen LogP contribution in [0.3, 0.4) is 0 Å². The first-order chi connectivity index (χ1) is 24.7. The van der Waals surface area contributed by atoms with Gasteiger partial charge < -0.3 is 18.9 Å². The molecule has 8 nitrogen and oxygen atoms in total. The Labute approximate surface area is 295 Å². The molecule has 3 heterocycles. The van der Waals surface area contributed by atoms with E-state index in [1.807, 2.05) is 37.3 Å². The van der Waals surface area contributed by atoms with Crippen LogP contribution in [0.25, 0.3) is 11.3 Å². The van der Waals surface area contributed by atoms with Crippen molar-refractivity contribution in [2.24, 2.45) is 5.92 Å². The number of nitrogens with zero attached hydrogens (tertiary/aromatic N) is 3. The summed E-state index contributed by atoms with van der Waals surface area (Å²) >= 11 is 6.08. The van der Waals surface area contributed by atoms with Gasteiger partial charge in [-0.2, -0.15) is 0 Å². The van der Waals surface area contributed by atoms with E-state index in [0.717, 1.165) is 23.3 Å². The summed E-state index contributed by atoms with van der Waals surface area (Å²) < 4.78 is 84.0. The molecule has 51 heavy (non-hydrogen) atoms. The van der Waals surface area contributed by atoms with E-state index < -0.39 is 71.7 Å². The Morgan fingerprint density at radius 1 is 0.941 bits per heavy atom. The average molecular weight is 722 g/mol. The first-order valence-electron chi connectivity index (χ1n) is 16.3. The fourth-order valence-electron chi connectivity index (χ4n) is 6.63. The lowest BCUT2D eigenvalue weighted by Crippen LogP contribution is -2.60. The standard InChI is InChI=1S/C38H32ClF4N3O5/c1-21-34(46-18-30(44-45-46)25-15-28(41)33(43)29(42)16-25)37-32(20-49-38(51-37)23-7-3-2-4-8-23)50-35(21)36(48-19-22-11-13-26(39)14-12-22)31(47)17-24-9-5-6-10-27(24)40/h2-16,18,21,32,34-38H,17,19-20H2,1H3/t21?,32?,34-,35-,36-,37+,38?/m1/s1. The number of fused-ring (bicyclic) bond motifs is 1. The maximum atomic E-state index is 14.8. The topological polar surface area (TPSA) is 84.7 Å². The summed E-state index contributed by atoms with van der Waals surface area (Å²) in [6.07, 6.45) is -3.08. The molecule has 0 bridgehead atoms. The number of aromatic nitrogens is 3. The molecule has 264 valence electrons. The molecule has 7 atom stereocenters. The molecule has 0 spiro atoms. The molecule has 0 aliphatic carbocycles. The van der Waals surface area contributed by atoms with Gasteiger partial charge in [0.1, 0.15) is 29.8 Å². The van der Waals surface area contributed by atoms with E-state index in [4.69, 9.17) is 30.5 Å². The zero-order valence-electron chi connectivity index (χ0n) is 27.2. The highest BCUT2D eigenvalue weighted by Crippen LogP contribution is 2.43. The SMILES string of the molecule is CC1[C@H]([C@H](OCc2ccc(Cl)cc2)C(=O)Cc2ccccc2F)OC2COC(c3ccccc3)O[C@@H]2[C@@H]1n1cc(-c2cc(F)c(F)c(F)c2)nn1. The summed E-state index contributed by atoms with van der Waals surface area (Å²) in [6, 6.07) is 23.3. The van der Waals surface area contributed by atoms with E-state index in [2.05, 4.69) is 10.3 Å². The highest BCUT2D eigenvalue weighted by atomic mass is 35.5. The number of Topliss-reactive ketones (excluding diaryl/α,β-unsaturated/α-hetero) is 1. The molecule has 7 rings (SSSR count). The molecular weight excluding hydrogens is 690 g/mol. The Morgan fingerprint density at radius 3 is 2.37 bits per heavy atom. The van der Waals surface area contributed by atoms with Crippen LogP contribution in [0.4, 0.5) is 17.6 Å². The van der Waals surface area contributed by atoms with Gasteiger partial charge in [0.2, 0.25) is 0 Å². The Hall–Kier alpha value is -4.46. The Bertz CT molecular complexity index is 1980. The number of ether oxygens (including phenoxy) is 4. The maximum Gasteiger partial charge on any atom is 0.194 e. The van der Waals surface area contributed by atoms with E-state index in [1.54, 1.807) is 36.4 Å². The minimum atomic E-state index is -1.60. The third-order valence-electron chi connectivity index (χ3n) is 9.23. The lowest BCUT2D eigenvalue weighted by Gasteiger charge is -2.50. The van der Waals surface area contributed by atoms with Gasteiger partial charge in [0.25, 0.3) is 0 Å². The van der Waals surface area contributed by atoms with Crippen LogP contribution in [-0.4, -0.2) is 51.8 Å². The quantitative estimate of drug-likeness (QED) is 0.108. The average Bonchev–Trinajstić information content (AvgIpc) is 3.62. The highest BCUT2D eigenvalue weighted by molar-refractivity contribution is 6.30. The Morgan fingerprint density at radius 2 is 1.65 bits per heavy atom. The molecule has 2 aliphatic heterocycles. The van der Waals surface area contributed by atoms with Gasteiger partial charge in [-0.05, 0) is 41.5 Å². The third-order valence-corrected chi connectivity index (χ3v) is 9.48. The summed E-state index contributed by atoms with van der Waals surface area (Å²) in [5.41, 5.74) is 1.78. The van der Waals surface area contributed by atoms with Crippen LogP contribution in [0.2, 0.25) is 5.02 Å². The summed E-state index contributed by atoms with van der Waals surface area (Å²) in [7, 11) is 0. The van der Waals surface area contributed by atoms with E-state index in [-0.39, 0.29) is 36.5 Å². The molecule has 2 aliphatic rings. The van der Waals surface area contributed by atoms with Gasteiger partial charge >= 0.3 is 0 Å². The number of carbonyl (C=O) groups excluding carboxylic acids is 1. The molecule has 0 N–H and O–H groups in total. The summed E-state index contributed by atoms with van der Waals surface area (Å²) in [5, 5.41) is 9.01. The number of halogens is 5. The molecule has 1 aromatic heterocycles. The monoisotopic (exact) mass is 721 g/mol. The smallest absolute Gasteiger partial charge is 0.194 e. The molecule has 0 amide bonds. The number of benzene rings is 4. The van der Waals surface area contributed by atoms with Crippen LogP contribution in [0.1, 0.15) is 35.9 Å². The number of ketones is 1. The Balaban J connectivity index is 1.25. The maximum absolute atomic E-state index is 14.8. The fourth-order valence-corrected chi connectivity index (χ4v) is 6.76. The van der Waals surface area contributed by atoms with Gasteiger partial charge in [-0.25, -0.2) is 22.2 Å². The molecule has 5 aromatic rings. The van der Waals surface area contributed by atoms with Crippen molar-refractivity contribution in [1.29, 1.82) is 0 Å². The van der Waals surface area contributed by atoms with Crippen LogP contribution in [0.5, 0.6) is 0 Å². The van der Waals surface area contributed by atoms with Crippen molar-refractivity contribution in [1.82, 2.24) is 15.0 Å². The van der Waals surface area contributed by atoms with Gasteiger partial charge in [0, 0.05) is 28.5 Å². The molecule has 2 saturated heterocycles. The number of hydrogen-bond donors (Lipinski definition) is 0. The van der Waals surface area contributed by atoms with Crippen molar-refractivity contribution in [3.8, 4) is 11.3 Å². The number of rotatable bonds is 10. The third kappa shape index (κ3) is 7.46. The van der Waals surface area contributed by atoms with Crippen molar-refractivity contribution in [2.45, 2.75) is 56.7 Å². The van der Waals surface area contributed by atoms with Gasteiger partial charge in [-0.1, -0.05) is 84.4 Å². The molecule has 0 saturated carbocycles. The van der Waals surface area contributed by atoms with Crippen LogP contribution < -0.4 is 0 Å². The van der Waals surface area contributed by atoms with Gasteiger partial charge in [-0.3, -0.25) is 4.79 Å². The van der Waals surface area contributed by atoms with Crippen molar-refractivity contribution in [3.63, 3.8) is 0 Å². The second kappa shape index (κ2) is 15.0. The second-order valence-corrected chi connectivity index (χ2v) is 13.0. The zero-order valence-corrected chi connectivity index (χ0v) is 27.9. The predicted molar refractivity (Wildman–Crippen MR) is 177 cm³/mol. The predicted octanol–water partition coefficient (Wildman–Crippen LogP) is 7.61. The molecule has 13 heteroatoms. The minimum absolute atomic E-state index is 0.0223. The molecule has 3 unspecified atom stereocenters. The zero-order chi connectivity index (χ0) is 35.6. The normalized spacial score (nSPS) is 23.8. The lowest BCUT2D eigenvalue weighted by atomic mass is 9.81. The fraction of sp³-hybridized carbons (Fsp3) is 0.289. The van der Waals surface area contributed by atoms with E-state index >= 15 is 0 Å². The van der Waals surface area contributed by atoms with Crippen LogP contribution in [0, 0.1) is 29.2 Å². The minimum Gasteiger partial charge on any atom is -0.366 e. The van der Waals surface area contributed by atoms with Crippen molar-refractivity contribution in [2.75, 3.05) is 6.61 Å². The second-order valence-electron chi connectivity index (χ2n) is 12.6. The lowest BCUT2D eigenvalue weighted by molar-refractivity contribution is -0.316. The van der Waals surface area contributed by atoms with E-state index in [9.17, 15) is 22.4 Å². The first-order valence-corrected chi connectivity index (χ1v) is 16.7. The first kappa shape index (κ1) is 35.0. The molecule has 2 fully saturated rings. The highest BCUT2D eigenvalue weighted by Gasteiger charge is 2.52. The van der Waals surface area contributed by atoms with Crippen LogP contribution >= 0.6 is 11.6 Å².